The molecule has 1 amide bonds. The Morgan fingerprint density at radius 3 is 2.74 bits per heavy atom. The van der Waals surface area contributed by atoms with Crippen LogP contribution < -0.4 is 5.63 Å². The first-order valence-electron chi connectivity index (χ1n) is 10.1. The molecule has 2 heterocycles. The maximum absolute atomic E-state index is 13.0. The highest BCUT2D eigenvalue weighted by Crippen LogP contribution is 2.36. The number of fused-ring (bicyclic) bond motifs is 2. The summed E-state index contributed by atoms with van der Waals surface area (Å²) in [4.78, 5) is 27.5. The summed E-state index contributed by atoms with van der Waals surface area (Å²) < 4.78 is 5.52. The van der Waals surface area contributed by atoms with E-state index >= 15 is 0 Å². The Morgan fingerprint density at radius 2 is 2.00 bits per heavy atom. The fourth-order valence-electron chi connectivity index (χ4n) is 4.70. The van der Waals surface area contributed by atoms with Gasteiger partial charge in [0.1, 0.15) is 11.3 Å². The van der Waals surface area contributed by atoms with Gasteiger partial charge in [0.15, 0.2) is 0 Å². The van der Waals surface area contributed by atoms with Crippen LogP contribution >= 0.6 is 0 Å². The topological polar surface area (TPSA) is 50.5 Å². The molecule has 27 heavy (non-hydrogen) atoms. The summed E-state index contributed by atoms with van der Waals surface area (Å²) in [6.07, 6.45) is 7.10. The number of nitrogens with zero attached hydrogens (tertiary/aromatic N) is 1. The van der Waals surface area contributed by atoms with E-state index in [4.69, 9.17) is 4.42 Å². The van der Waals surface area contributed by atoms with Crippen LogP contribution in [0.4, 0.5) is 0 Å². The molecule has 2 fully saturated rings. The minimum Gasteiger partial charge on any atom is -0.427 e. The number of carbonyl (C=O) groups is 1. The summed E-state index contributed by atoms with van der Waals surface area (Å²) in [5, 5.41) is 0. The number of benzene rings is 1. The van der Waals surface area contributed by atoms with Gasteiger partial charge in [0.05, 0.1) is 0 Å². The van der Waals surface area contributed by atoms with Crippen molar-refractivity contribution in [3.8, 4) is 0 Å². The summed E-state index contributed by atoms with van der Waals surface area (Å²) in [6, 6.07) is 12.5. The van der Waals surface area contributed by atoms with Crippen LogP contribution in [0, 0.1) is 12.8 Å². The number of hydrogen-bond acceptors (Lipinski definition) is 3. The molecule has 2 bridgehead atoms. The van der Waals surface area contributed by atoms with Crippen molar-refractivity contribution in [2.75, 3.05) is 6.54 Å². The number of carbonyl (C=O) groups excluding carboxylic acids is 1. The van der Waals surface area contributed by atoms with E-state index in [9.17, 15) is 9.59 Å². The third-order valence-electron chi connectivity index (χ3n) is 6.06. The van der Waals surface area contributed by atoms with Gasteiger partial charge in [-0.1, -0.05) is 36.8 Å². The van der Waals surface area contributed by atoms with Crippen LogP contribution in [0.1, 0.15) is 59.3 Å². The lowest BCUT2D eigenvalue weighted by atomic mass is 9.90. The highest BCUT2D eigenvalue weighted by Gasteiger charge is 2.39. The van der Waals surface area contributed by atoms with Gasteiger partial charge in [-0.2, -0.15) is 0 Å². The van der Waals surface area contributed by atoms with Crippen LogP contribution in [0.2, 0.25) is 0 Å². The van der Waals surface area contributed by atoms with Crippen molar-refractivity contribution in [1.29, 1.82) is 0 Å². The van der Waals surface area contributed by atoms with Crippen molar-refractivity contribution in [1.82, 2.24) is 4.90 Å². The van der Waals surface area contributed by atoms with Crippen LogP contribution in [-0.2, 0) is 12.8 Å². The third kappa shape index (κ3) is 3.85. The monoisotopic (exact) mass is 365 g/mol. The van der Waals surface area contributed by atoms with Crippen LogP contribution in [-0.4, -0.2) is 23.4 Å². The molecular weight excluding hydrogens is 338 g/mol. The highest BCUT2D eigenvalue weighted by atomic mass is 16.4. The van der Waals surface area contributed by atoms with Gasteiger partial charge in [-0.25, -0.2) is 4.79 Å². The Morgan fingerprint density at radius 1 is 1.19 bits per heavy atom. The second-order valence-corrected chi connectivity index (χ2v) is 8.04. The Labute approximate surface area is 160 Å². The van der Waals surface area contributed by atoms with Gasteiger partial charge in [0.25, 0.3) is 5.91 Å². The molecule has 1 aromatic carbocycles. The summed E-state index contributed by atoms with van der Waals surface area (Å²) in [5.74, 6) is 1.15. The van der Waals surface area contributed by atoms with Crippen LogP contribution in [0.3, 0.4) is 0 Å². The van der Waals surface area contributed by atoms with E-state index in [2.05, 4.69) is 12.1 Å². The zero-order valence-corrected chi connectivity index (χ0v) is 15.9. The van der Waals surface area contributed by atoms with Gasteiger partial charge in [0, 0.05) is 19.0 Å². The quantitative estimate of drug-likeness (QED) is 0.800. The lowest BCUT2D eigenvalue weighted by Crippen LogP contribution is -2.38. The molecule has 1 aromatic heterocycles. The number of amides is 1. The molecular formula is C23H27NO3. The van der Waals surface area contributed by atoms with Gasteiger partial charge in [-0.15, -0.1) is 0 Å². The molecule has 2 aromatic rings. The average Bonchev–Trinajstić information content (AvgIpc) is 2.95. The maximum atomic E-state index is 13.0. The summed E-state index contributed by atoms with van der Waals surface area (Å²) >= 11 is 0. The Bertz CT molecular complexity index is 871. The van der Waals surface area contributed by atoms with E-state index < -0.39 is 5.63 Å². The first-order valence-corrected chi connectivity index (χ1v) is 10.1. The number of likely N-dealkylation sites (tertiary alicyclic amines) is 1. The van der Waals surface area contributed by atoms with Crippen LogP contribution in [0.5, 0.6) is 0 Å². The zero-order valence-electron chi connectivity index (χ0n) is 15.9. The fourth-order valence-corrected chi connectivity index (χ4v) is 4.70. The van der Waals surface area contributed by atoms with E-state index in [0.29, 0.717) is 24.1 Å². The summed E-state index contributed by atoms with van der Waals surface area (Å²) in [5.41, 5.74) is 1.78. The largest absolute Gasteiger partial charge is 0.427 e. The SMILES string of the molecule is Cc1cc(CCCc2ccccc2)oc(=O)c1C(=O)N1C[C@@H]2CCC[C@H]1C2. The molecule has 0 radical (unpaired) electrons. The number of rotatable bonds is 5. The lowest BCUT2D eigenvalue weighted by molar-refractivity contribution is 0.0727. The average molecular weight is 365 g/mol. The Hall–Kier alpha value is -2.36. The molecule has 2 aliphatic rings. The molecule has 1 aliphatic carbocycles. The predicted molar refractivity (Wildman–Crippen MR) is 105 cm³/mol. The minimum atomic E-state index is -0.476. The van der Waals surface area contributed by atoms with Gasteiger partial charge in [-0.3, -0.25) is 4.79 Å². The first-order chi connectivity index (χ1) is 13.1. The fraction of sp³-hybridized carbons (Fsp3) is 0.478. The Balaban J connectivity index is 1.45. The Kier molecular flexibility index (Phi) is 5.15. The second kappa shape index (κ2) is 7.71. The second-order valence-electron chi connectivity index (χ2n) is 8.04. The van der Waals surface area contributed by atoms with Gasteiger partial charge < -0.3 is 9.32 Å². The van der Waals surface area contributed by atoms with Crippen molar-refractivity contribution in [2.24, 2.45) is 5.92 Å². The third-order valence-corrected chi connectivity index (χ3v) is 6.06. The van der Waals surface area contributed by atoms with Gasteiger partial charge in [0.2, 0.25) is 0 Å². The number of hydrogen-bond donors (Lipinski definition) is 0. The van der Waals surface area contributed by atoms with E-state index in [1.54, 1.807) is 0 Å². The van der Waals surface area contributed by atoms with Crippen LogP contribution in [0.15, 0.2) is 45.6 Å². The summed E-state index contributed by atoms with van der Waals surface area (Å²) in [6.45, 7) is 2.65. The van der Waals surface area contributed by atoms with Crippen molar-refractivity contribution < 1.29 is 9.21 Å². The van der Waals surface area contributed by atoms with Crippen molar-refractivity contribution in [2.45, 2.75) is 57.9 Å². The molecule has 0 spiro atoms. The van der Waals surface area contributed by atoms with Crippen molar-refractivity contribution in [3.63, 3.8) is 0 Å². The van der Waals surface area contributed by atoms with Gasteiger partial charge >= 0.3 is 5.63 Å². The molecule has 1 aliphatic heterocycles. The molecule has 1 saturated carbocycles. The van der Waals surface area contributed by atoms with E-state index in [0.717, 1.165) is 37.8 Å². The molecule has 1 saturated heterocycles. The van der Waals surface area contributed by atoms with Crippen molar-refractivity contribution in [3.05, 3.63) is 69.3 Å². The molecule has 4 nitrogen and oxygen atoms in total. The highest BCUT2D eigenvalue weighted by molar-refractivity contribution is 5.95. The standard InChI is InChI=1S/C23H27NO3/c1-16-13-20(12-6-9-17-7-3-2-4-8-17)27-23(26)21(16)22(25)24-15-18-10-5-11-19(24)14-18/h2-4,7-8,13,18-19H,5-6,9-12,14-15H2,1H3/t18-,19+/m1/s1. The zero-order chi connectivity index (χ0) is 18.8. The minimum absolute atomic E-state index is 0.133. The normalized spacial score (nSPS) is 21.4. The summed E-state index contributed by atoms with van der Waals surface area (Å²) in [7, 11) is 0. The molecule has 0 unspecified atom stereocenters. The van der Waals surface area contributed by atoms with E-state index in [1.165, 1.54) is 18.4 Å². The van der Waals surface area contributed by atoms with E-state index in [-0.39, 0.29) is 11.5 Å². The van der Waals surface area contributed by atoms with E-state index in [1.807, 2.05) is 36.1 Å². The number of aryl methyl sites for hydroxylation is 3. The lowest BCUT2D eigenvalue weighted by Gasteiger charge is -2.24. The molecule has 142 valence electrons. The smallest absolute Gasteiger partial charge is 0.349 e. The van der Waals surface area contributed by atoms with Crippen LogP contribution in [0.25, 0.3) is 0 Å². The van der Waals surface area contributed by atoms with Crippen molar-refractivity contribution >= 4 is 5.91 Å². The molecule has 2 atom stereocenters. The van der Waals surface area contributed by atoms with Gasteiger partial charge in [-0.05, 0) is 62.1 Å². The molecule has 4 heteroatoms. The molecule has 0 N–H and O–H groups in total. The maximum Gasteiger partial charge on any atom is 0.349 e. The first kappa shape index (κ1) is 18.0. The predicted octanol–water partition coefficient (Wildman–Crippen LogP) is 4.14. The molecule has 4 rings (SSSR count).